The van der Waals surface area contributed by atoms with Crippen molar-refractivity contribution in [3.63, 3.8) is 0 Å². The monoisotopic (exact) mass is 286 g/mol. The first-order chi connectivity index (χ1) is 10.2. The molecule has 0 aliphatic rings. The van der Waals surface area contributed by atoms with Crippen molar-refractivity contribution < 1.29 is 9.66 Å². The number of benzene rings is 1. The van der Waals surface area contributed by atoms with Gasteiger partial charge in [0.05, 0.1) is 23.6 Å². The second-order valence-electron chi connectivity index (χ2n) is 4.35. The molecule has 0 saturated carbocycles. The summed E-state index contributed by atoms with van der Waals surface area (Å²) < 4.78 is 5.63. The van der Waals surface area contributed by atoms with Gasteiger partial charge in [-0.15, -0.1) is 0 Å². The first-order valence-corrected chi connectivity index (χ1v) is 6.39. The second-order valence-corrected chi connectivity index (χ2v) is 4.35. The lowest BCUT2D eigenvalue weighted by atomic mass is 10.1. The van der Waals surface area contributed by atoms with E-state index in [2.05, 4.69) is 16.4 Å². The van der Waals surface area contributed by atoms with Gasteiger partial charge in [-0.1, -0.05) is 0 Å². The molecule has 0 fully saturated rings. The molecule has 0 aliphatic carbocycles. The van der Waals surface area contributed by atoms with Crippen LogP contribution < -0.4 is 10.1 Å². The Morgan fingerprint density at radius 1 is 1.52 bits per heavy atom. The molecule has 1 unspecified atom stereocenters. The van der Waals surface area contributed by atoms with E-state index in [1.54, 1.807) is 25.2 Å². The van der Waals surface area contributed by atoms with Crippen LogP contribution in [0.5, 0.6) is 5.75 Å². The van der Waals surface area contributed by atoms with Crippen LogP contribution in [0.15, 0.2) is 30.5 Å². The van der Waals surface area contributed by atoms with Crippen LogP contribution in [-0.2, 0) is 0 Å². The maximum absolute atomic E-state index is 11.0. The highest BCUT2D eigenvalue weighted by molar-refractivity contribution is 5.91. The fraction of sp³-hybridized carbons (Fsp3) is 0.286. The Morgan fingerprint density at radius 3 is 3.00 bits per heavy atom. The Hall–Kier alpha value is -2.72. The fourth-order valence-corrected chi connectivity index (χ4v) is 1.96. The van der Waals surface area contributed by atoms with Crippen molar-refractivity contribution in [3.8, 4) is 11.8 Å². The molecule has 1 aromatic carbocycles. The van der Waals surface area contributed by atoms with Crippen LogP contribution in [0.25, 0.3) is 10.9 Å². The molecule has 0 amide bonds. The summed E-state index contributed by atoms with van der Waals surface area (Å²) in [5.74, 6) is 0.525. The molecule has 1 aromatic heterocycles. The van der Waals surface area contributed by atoms with Gasteiger partial charge in [0, 0.05) is 24.1 Å². The lowest BCUT2D eigenvalue weighted by molar-refractivity contribution is -0.383. The molecule has 0 spiro atoms. The van der Waals surface area contributed by atoms with Gasteiger partial charge in [-0.25, -0.2) is 4.98 Å². The average molecular weight is 286 g/mol. The summed E-state index contributed by atoms with van der Waals surface area (Å²) in [5.41, 5.74) is 0.244. The van der Waals surface area contributed by atoms with Crippen molar-refractivity contribution >= 4 is 16.6 Å². The van der Waals surface area contributed by atoms with Gasteiger partial charge in [-0.05, 0) is 25.2 Å². The van der Waals surface area contributed by atoms with Gasteiger partial charge in [0.25, 0.3) is 5.69 Å². The molecule has 21 heavy (non-hydrogen) atoms. The maximum Gasteiger partial charge on any atom is 0.295 e. The molecule has 108 valence electrons. The largest absolute Gasteiger partial charge is 0.493 e. The Balaban J connectivity index is 2.24. The molecule has 0 saturated heterocycles. The predicted octanol–water partition coefficient (Wildman–Crippen LogP) is 2.02. The van der Waals surface area contributed by atoms with E-state index in [-0.39, 0.29) is 11.7 Å². The summed E-state index contributed by atoms with van der Waals surface area (Å²) in [6.07, 6.45) is 2.03. The molecular weight excluding hydrogens is 272 g/mol. The number of nitriles is 1. The highest BCUT2D eigenvalue weighted by atomic mass is 16.6. The first kappa shape index (κ1) is 14.7. The van der Waals surface area contributed by atoms with Gasteiger partial charge in [0.2, 0.25) is 0 Å². The van der Waals surface area contributed by atoms with Gasteiger partial charge in [0.1, 0.15) is 5.75 Å². The zero-order chi connectivity index (χ0) is 15.2. The van der Waals surface area contributed by atoms with Crippen molar-refractivity contribution in [2.45, 2.75) is 12.5 Å². The summed E-state index contributed by atoms with van der Waals surface area (Å²) in [5, 5.41) is 23.3. The molecule has 1 N–H and O–H groups in total. The zero-order valence-electron chi connectivity index (χ0n) is 11.4. The Bertz CT molecular complexity index is 696. The number of nitrogens with zero attached hydrogens (tertiary/aromatic N) is 3. The Labute approximate surface area is 121 Å². The van der Waals surface area contributed by atoms with E-state index >= 15 is 0 Å². The average Bonchev–Trinajstić information content (AvgIpc) is 2.51. The van der Waals surface area contributed by atoms with E-state index in [4.69, 9.17) is 10.00 Å². The molecule has 1 atom stereocenters. The summed E-state index contributed by atoms with van der Waals surface area (Å²) in [4.78, 5) is 14.6. The van der Waals surface area contributed by atoms with Crippen LogP contribution in [0.2, 0.25) is 0 Å². The number of fused-ring (bicyclic) bond motifs is 1. The summed E-state index contributed by atoms with van der Waals surface area (Å²) in [6.45, 7) is 0.334. The van der Waals surface area contributed by atoms with E-state index in [9.17, 15) is 10.1 Å². The van der Waals surface area contributed by atoms with Crippen LogP contribution in [-0.4, -0.2) is 29.6 Å². The van der Waals surface area contributed by atoms with E-state index < -0.39 is 4.92 Å². The van der Waals surface area contributed by atoms with Gasteiger partial charge in [0.15, 0.2) is 5.52 Å². The third-order valence-electron chi connectivity index (χ3n) is 3.07. The molecule has 1 heterocycles. The molecule has 2 rings (SSSR count). The maximum atomic E-state index is 11.0. The molecule has 7 nitrogen and oxygen atoms in total. The number of rotatable bonds is 6. The predicted molar refractivity (Wildman–Crippen MR) is 77.0 cm³/mol. The quantitative estimate of drug-likeness (QED) is 0.644. The standard InChI is InChI=1S/C14H14N4O3/c1-16-10(9-15)6-8-21-13-5-4-12(18(19)20)14-11(13)3-2-7-17-14/h2-5,7,10,16H,6,8H2,1H3. The fourth-order valence-electron chi connectivity index (χ4n) is 1.96. The highest BCUT2D eigenvalue weighted by Crippen LogP contribution is 2.31. The summed E-state index contributed by atoms with van der Waals surface area (Å²) >= 11 is 0. The number of nitrogens with one attached hydrogen (secondary N) is 1. The number of aromatic nitrogens is 1. The van der Waals surface area contributed by atoms with Crippen LogP contribution in [0.3, 0.4) is 0 Å². The van der Waals surface area contributed by atoms with Crippen LogP contribution in [0, 0.1) is 21.4 Å². The van der Waals surface area contributed by atoms with Gasteiger partial charge in [-0.3, -0.25) is 10.1 Å². The van der Waals surface area contributed by atoms with E-state index in [1.807, 2.05) is 0 Å². The highest BCUT2D eigenvalue weighted by Gasteiger charge is 2.16. The minimum Gasteiger partial charge on any atom is -0.493 e. The minimum atomic E-state index is -0.466. The number of pyridine rings is 1. The van der Waals surface area contributed by atoms with Crippen molar-refractivity contribution in [1.82, 2.24) is 10.3 Å². The van der Waals surface area contributed by atoms with E-state index in [0.29, 0.717) is 29.7 Å². The van der Waals surface area contributed by atoms with Crippen molar-refractivity contribution in [3.05, 3.63) is 40.6 Å². The Kier molecular flexibility index (Phi) is 4.64. The number of non-ortho nitro benzene ring substituents is 1. The van der Waals surface area contributed by atoms with Gasteiger partial charge < -0.3 is 10.1 Å². The zero-order valence-corrected chi connectivity index (χ0v) is 11.4. The smallest absolute Gasteiger partial charge is 0.295 e. The lowest BCUT2D eigenvalue weighted by Crippen LogP contribution is -2.25. The number of hydrogen-bond donors (Lipinski definition) is 1. The van der Waals surface area contributed by atoms with Crippen LogP contribution >= 0.6 is 0 Å². The SMILES string of the molecule is CNC(C#N)CCOc1ccc([N+](=O)[O-])c2ncccc12. The molecule has 0 aliphatic heterocycles. The van der Waals surface area contributed by atoms with Crippen molar-refractivity contribution in [1.29, 1.82) is 5.26 Å². The third kappa shape index (κ3) is 3.24. The number of nitro benzene ring substituents is 1. The molecule has 2 aromatic rings. The van der Waals surface area contributed by atoms with Crippen LogP contribution in [0.4, 0.5) is 5.69 Å². The number of ether oxygens (including phenoxy) is 1. The van der Waals surface area contributed by atoms with Gasteiger partial charge >= 0.3 is 0 Å². The third-order valence-corrected chi connectivity index (χ3v) is 3.07. The van der Waals surface area contributed by atoms with Gasteiger partial charge in [-0.2, -0.15) is 5.26 Å². The molecule has 7 heteroatoms. The first-order valence-electron chi connectivity index (χ1n) is 6.39. The van der Waals surface area contributed by atoms with E-state index in [1.165, 1.54) is 12.3 Å². The second kappa shape index (κ2) is 6.63. The minimum absolute atomic E-state index is 0.0527. The van der Waals surface area contributed by atoms with Crippen molar-refractivity contribution in [2.75, 3.05) is 13.7 Å². The normalized spacial score (nSPS) is 11.8. The molecule has 0 radical (unpaired) electrons. The van der Waals surface area contributed by atoms with Crippen LogP contribution in [0.1, 0.15) is 6.42 Å². The Morgan fingerprint density at radius 2 is 2.33 bits per heavy atom. The number of hydrogen-bond acceptors (Lipinski definition) is 6. The number of nitro groups is 1. The topological polar surface area (TPSA) is 101 Å². The summed E-state index contributed by atoms with van der Waals surface area (Å²) in [7, 11) is 1.71. The molecule has 0 bridgehead atoms. The van der Waals surface area contributed by atoms with Crippen molar-refractivity contribution in [2.24, 2.45) is 0 Å². The lowest BCUT2D eigenvalue weighted by Gasteiger charge is -2.11. The summed E-state index contributed by atoms with van der Waals surface area (Å²) in [6, 6.07) is 8.19. The van der Waals surface area contributed by atoms with E-state index in [0.717, 1.165) is 0 Å². The molecular formula is C14H14N4O3.